The molecule has 0 spiro atoms. The van der Waals surface area contributed by atoms with Crippen LogP contribution >= 0.6 is 0 Å². The molecule has 218 valence electrons. The summed E-state index contributed by atoms with van der Waals surface area (Å²) in [5.41, 5.74) is -0.149. The predicted octanol–water partition coefficient (Wildman–Crippen LogP) is 5.42. The molecule has 2 atom stereocenters. The van der Waals surface area contributed by atoms with Gasteiger partial charge in [0.05, 0.1) is 17.3 Å². The highest BCUT2D eigenvalue weighted by atomic mass is 28.4. The van der Waals surface area contributed by atoms with Crippen molar-refractivity contribution in [1.29, 1.82) is 0 Å². The van der Waals surface area contributed by atoms with Gasteiger partial charge in [0.1, 0.15) is 17.8 Å². The van der Waals surface area contributed by atoms with Crippen molar-refractivity contribution in [3.05, 3.63) is 18.2 Å². The zero-order valence-corrected chi connectivity index (χ0v) is 30.7. The van der Waals surface area contributed by atoms with Crippen LogP contribution in [0.3, 0.4) is 0 Å². The van der Waals surface area contributed by atoms with Gasteiger partial charge in [-0.1, -0.05) is 54.6 Å². The van der Waals surface area contributed by atoms with Crippen molar-refractivity contribution in [3.63, 3.8) is 0 Å². The second-order valence-corrected chi connectivity index (χ2v) is 20.4. The molecule has 38 heavy (non-hydrogen) atoms. The van der Waals surface area contributed by atoms with Gasteiger partial charge in [-0.3, -0.25) is 0 Å². The van der Waals surface area contributed by atoms with Crippen molar-refractivity contribution in [2.75, 3.05) is 0 Å². The van der Waals surface area contributed by atoms with Crippen LogP contribution in [0.1, 0.15) is 76.2 Å². The van der Waals surface area contributed by atoms with E-state index in [0.717, 1.165) is 17.0 Å². The highest BCUT2D eigenvalue weighted by Gasteiger charge is 2.52. The van der Waals surface area contributed by atoms with E-state index >= 15 is 0 Å². The van der Waals surface area contributed by atoms with Gasteiger partial charge in [0, 0.05) is 17.4 Å². The lowest BCUT2D eigenvalue weighted by Crippen LogP contribution is -2.45. The van der Waals surface area contributed by atoms with E-state index in [9.17, 15) is 0 Å². The maximum absolute atomic E-state index is 6.74. The predicted molar refractivity (Wildman–Crippen MR) is 168 cm³/mol. The van der Waals surface area contributed by atoms with E-state index in [0.29, 0.717) is 0 Å². The molecule has 1 aliphatic rings. The lowest BCUT2D eigenvalue weighted by atomic mass is 9.76. The third-order valence-electron chi connectivity index (χ3n) is 9.05. The summed E-state index contributed by atoms with van der Waals surface area (Å²) in [4.78, 5) is 0. The summed E-state index contributed by atoms with van der Waals surface area (Å²) in [6.07, 6.45) is -0.267. The summed E-state index contributed by atoms with van der Waals surface area (Å²) in [5, 5.41) is 0.0698. The van der Waals surface area contributed by atoms with Gasteiger partial charge in [0.15, 0.2) is 19.5 Å². The first kappa shape index (κ1) is 33.6. The molecule has 10 heteroatoms. The SMILES string of the molecule is C[SiH2]OC(O[SiH2]C)C(C)(C)[C@H](C)[C@H](C)Oc1cc(O[Si](C)(C)C(C)(C)C)cc(B2OC(C)(C)C(C)(C)O2)c1. The minimum Gasteiger partial charge on any atom is -0.543 e. The Bertz CT molecular complexity index is 910. The van der Waals surface area contributed by atoms with Gasteiger partial charge < -0.3 is 27.3 Å². The maximum Gasteiger partial charge on any atom is 0.495 e. The molecule has 6 nitrogen and oxygen atoms in total. The molecule has 1 aromatic rings. The van der Waals surface area contributed by atoms with Gasteiger partial charge in [-0.25, -0.2) is 0 Å². The molecular weight excluding hydrogens is 527 g/mol. The van der Waals surface area contributed by atoms with E-state index < -0.39 is 46.2 Å². The summed E-state index contributed by atoms with van der Waals surface area (Å²) in [7, 11) is -3.77. The molecular formula is C28H55BO6Si3. The molecule has 1 fully saturated rings. The Hall–Kier alpha value is -0.624. The number of rotatable bonds is 12. The van der Waals surface area contributed by atoms with Crippen LogP contribution in [0, 0.1) is 11.3 Å². The molecule has 0 amide bonds. The second kappa shape index (κ2) is 12.1. The average Bonchev–Trinajstić information content (AvgIpc) is 2.98. The molecule has 1 saturated heterocycles. The van der Waals surface area contributed by atoms with Gasteiger partial charge in [0.25, 0.3) is 0 Å². The Balaban J connectivity index is 2.43. The van der Waals surface area contributed by atoms with Crippen LogP contribution in [-0.4, -0.2) is 58.6 Å². The smallest absolute Gasteiger partial charge is 0.495 e. The maximum atomic E-state index is 6.74. The van der Waals surface area contributed by atoms with Crippen molar-refractivity contribution in [2.24, 2.45) is 11.3 Å². The van der Waals surface area contributed by atoms with Gasteiger partial charge in [-0.05, 0) is 70.3 Å². The van der Waals surface area contributed by atoms with Crippen molar-refractivity contribution in [1.82, 2.24) is 0 Å². The molecule has 0 aromatic heterocycles. The number of hydrogen-bond acceptors (Lipinski definition) is 6. The Morgan fingerprint density at radius 3 is 1.76 bits per heavy atom. The van der Waals surface area contributed by atoms with Crippen LogP contribution in [0.2, 0.25) is 31.2 Å². The van der Waals surface area contributed by atoms with Crippen LogP contribution in [0.4, 0.5) is 0 Å². The summed E-state index contributed by atoms with van der Waals surface area (Å²) in [6.45, 7) is 32.7. The van der Waals surface area contributed by atoms with Crippen LogP contribution in [0.25, 0.3) is 0 Å². The summed E-state index contributed by atoms with van der Waals surface area (Å²) in [5.74, 6) is 1.74. The number of benzene rings is 1. The van der Waals surface area contributed by atoms with Crippen LogP contribution in [-0.2, 0) is 18.2 Å². The van der Waals surface area contributed by atoms with Gasteiger partial charge in [-0.15, -0.1) is 0 Å². The molecule has 0 aliphatic carbocycles. The van der Waals surface area contributed by atoms with Crippen molar-refractivity contribution in [3.8, 4) is 11.5 Å². The minimum atomic E-state index is -2.08. The number of hydrogen-bond donors (Lipinski definition) is 0. The molecule has 0 bridgehead atoms. The van der Waals surface area contributed by atoms with Crippen LogP contribution in [0.5, 0.6) is 11.5 Å². The third kappa shape index (κ3) is 7.56. The first-order valence-electron chi connectivity index (χ1n) is 14.3. The van der Waals surface area contributed by atoms with E-state index in [-0.39, 0.29) is 28.8 Å². The average molecular weight is 583 g/mol. The van der Waals surface area contributed by atoms with Gasteiger partial charge >= 0.3 is 7.12 Å². The lowest BCUT2D eigenvalue weighted by Gasteiger charge is -2.41. The van der Waals surface area contributed by atoms with E-state index in [1.807, 2.05) is 12.1 Å². The summed E-state index contributed by atoms with van der Waals surface area (Å²) >= 11 is 0. The highest BCUT2D eigenvalue weighted by molar-refractivity contribution is 6.74. The molecule has 1 heterocycles. The molecule has 2 rings (SSSR count). The molecule has 0 unspecified atom stereocenters. The van der Waals surface area contributed by atoms with Crippen LogP contribution < -0.4 is 14.6 Å². The monoisotopic (exact) mass is 582 g/mol. The Labute approximate surface area is 239 Å². The molecule has 0 saturated carbocycles. The van der Waals surface area contributed by atoms with E-state index in [1.165, 1.54) is 0 Å². The van der Waals surface area contributed by atoms with Gasteiger partial charge in [0.2, 0.25) is 8.32 Å². The fraction of sp³-hybridized carbons (Fsp3) is 0.786. The molecule has 1 aromatic carbocycles. The topological polar surface area (TPSA) is 55.4 Å². The molecule has 0 N–H and O–H groups in total. The zero-order valence-electron chi connectivity index (χ0n) is 26.9. The first-order valence-corrected chi connectivity index (χ1v) is 21.2. The molecule has 0 radical (unpaired) electrons. The zero-order chi connectivity index (χ0) is 29.3. The van der Waals surface area contributed by atoms with E-state index in [4.69, 9.17) is 27.3 Å². The Kier molecular flexibility index (Phi) is 10.7. The minimum absolute atomic E-state index is 0.0698. The quantitative estimate of drug-likeness (QED) is 0.242. The first-order chi connectivity index (χ1) is 17.2. The van der Waals surface area contributed by atoms with Gasteiger partial charge in [-0.2, -0.15) is 0 Å². The van der Waals surface area contributed by atoms with E-state index in [2.05, 4.69) is 108 Å². The second-order valence-electron chi connectivity index (χ2n) is 13.9. The summed E-state index contributed by atoms with van der Waals surface area (Å²) < 4.78 is 38.5. The molecule has 1 aliphatic heterocycles. The van der Waals surface area contributed by atoms with Crippen molar-refractivity contribution < 1.29 is 27.3 Å². The Morgan fingerprint density at radius 2 is 1.32 bits per heavy atom. The van der Waals surface area contributed by atoms with Crippen molar-refractivity contribution in [2.45, 2.75) is 131 Å². The van der Waals surface area contributed by atoms with Crippen molar-refractivity contribution >= 4 is 40.4 Å². The fourth-order valence-electron chi connectivity index (χ4n) is 4.20. The normalized spacial score (nSPS) is 20.9. The summed E-state index contributed by atoms with van der Waals surface area (Å²) in [6, 6.07) is 6.12. The fourth-order valence-corrected chi connectivity index (χ4v) is 7.06. The standard InChI is InChI=1S/C28H55BO6Si3/c1-19(26(6,7)24(31-36-12)32-37-13)20(2)30-22-16-21(29-34-27(8,9)28(10,11)35-29)17-23(18-22)33-38(14,15)25(3,4)5/h16-20,24H,36-37H2,1-15H3/t19-,20+/m1/s1. The van der Waals surface area contributed by atoms with Crippen LogP contribution in [0.15, 0.2) is 18.2 Å². The third-order valence-corrected chi connectivity index (χ3v) is 14.7. The highest BCUT2D eigenvalue weighted by Crippen LogP contribution is 2.41. The number of ether oxygens (including phenoxy) is 1. The lowest BCUT2D eigenvalue weighted by molar-refractivity contribution is -0.117. The Morgan fingerprint density at radius 1 is 0.842 bits per heavy atom. The largest absolute Gasteiger partial charge is 0.543 e. The van der Waals surface area contributed by atoms with E-state index in [1.54, 1.807) is 0 Å².